The fourth-order valence-corrected chi connectivity index (χ4v) is 2.42. The Morgan fingerprint density at radius 3 is 2.73 bits per heavy atom. The second-order valence-electron chi connectivity index (χ2n) is 4.37. The van der Waals surface area contributed by atoms with Crippen LogP contribution in [0.15, 0.2) is 11.4 Å². The molecule has 1 aromatic heterocycles. The van der Waals surface area contributed by atoms with E-state index < -0.39 is 0 Å². The first-order chi connectivity index (χ1) is 7.09. The highest BCUT2D eigenvalue weighted by atomic mass is 32.1. The zero-order valence-electron chi connectivity index (χ0n) is 10.2. The maximum atomic E-state index is 3.43. The second-order valence-corrected chi connectivity index (χ2v) is 5.37. The lowest BCUT2D eigenvalue weighted by Gasteiger charge is -2.17. The van der Waals surface area contributed by atoms with Gasteiger partial charge in [-0.3, -0.25) is 0 Å². The molecule has 0 amide bonds. The van der Waals surface area contributed by atoms with Gasteiger partial charge in [-0.2, -0.15) is 0 Å². The maximum absolute atomic E-state index is 3.43. The highest BCUT2D eigenvalue weighted by Crippen LogP contribution is 2.16. The van der Waals surface area contributed by atoms with Crippen molar-refractivity contribution in [2.24, 2.45) is 0 Å². The number of hydrogen-bond donors (Lipinski definition) is 1. The van der Waals surface area contributed by atoms with Crippen molar-refractivity contribution in [3.05, 3.63) is 21.9 Å². The van der Waals surface area contributed by atoms with Crippen molar-refractivity contribution in [2.75, 3.05) is 20.1 Å². The minimum Gasteiger partial charge on any atom is -0.313 e. The molecule has 1 heterocycles. The fraction of sp³-hybridized carbons (Fsp3) is 0.667. The standard InChI is InChI=1S/C12H22N2S/c1-10(2)13-6-7-14(4)9-12-11(3)5-8-15-12/h5,8,10,13H,6-7,9H2,1-4H3. The molecule has 0 aliphatic rings. The smallest absolute Gasteiger partial charge is 0.0328 e. The summed E-state index contributed by atoms with van der Waals surface area (Å²) in [5.74, 6) is 0. The topological polar surface area (TPSA) is 15.3 Å². The first kappa shape index (κ1) is 12.7. The highest BCUT2D eigenvalue weighted by Gasteiger charge is 2.04. The van der Waals surface area contributed by atoms with E-state index in [0.29, 0.717) is 6.04 Å². The summed E-state index contributed by atoms with van der Waals surface area (Å²) >= 11 is 1.86. The molecular weight excluding hydrogens is 204 g/mol. The lowest BCUT2D eigenvalue weighted by atomic mass is 10.3. The lowest BCUT2D eigenvalue weighted by Crippen LogP contribution is -2.32. The van der Waals surface area contributed by atoms with Gasteiger partial charge in [-0.1, -0.05) is 13.8 Å². The van der Waals surface area contributed by atoms with Crippen LogP contribution in [-0.2, 0) is 6.54 Å². The molecule has 2 nitrogen and oxygen atoms in total. The monoisotopic (exact) mass is 226 g/mol. The summed E-state index contributed by atoms with van der Waals surface area (Å²) in [5, 5.41) is 5.60. The molecule has 0 aliphatic heterocycles. The van der Waals surface area contributed by atoms with E-state index in [4.69, 9.17) is 0 Å². The van der Waals surface area contributed by atoms with Crippen molar-refractivity contribution in [2.45, 2.75) is 33.4 Å². The number of aryl methyl sites for hydroxylation is 1. The van der Waals surface area contributed by atoms with Gasteiger partial charge in [-0.15, -0.1) is 11.3 Å². The highest BCUT2D eigenvalue weighted by molar-refractivity contribution is 7.10. The summed E-state index contributed by atoms with van der Waals surface area (Å²) in [5.41, 5.74) is 1.42. The molecule has 0 saturated carbocycles. The van der Waals surface area contributed by atoms with Gasteiger partial charge in [0, 0.05) is 30.6 Å². The van der Waals surface area contributed by atoms with Gasteiger partial charge in [0.1, 0.15) is 0 Å². The molecule has 0 fully saturated rings. The van der Waals surface area contributed by atoms with Gasteiger partial charge in [-0.05, 0) is 31.0 Å². The Hall–Kier alpha value is -0.380. The molecule has 0 radical (unpaired) electrons. The summed E-state index contributed by atoms with van der Waals surface area (Å²) in [4.78, 5) is 3.86. The van der Waals surface area contributed by atoms with Crippen molar-refractivity contribution >= 4 is 11.3 Å². The predicted molar refractivity (Wildman–Crippen MR) is 68.5 cm³/mol. The Kier molecular flexibility index (Phi) is 5.29. The van der Waals surface area contributed by atoms with E-state index in [1.807, 2.05) is 11.3 Å². The first-order valence-electron chi connectivity index (χ1n) is 5.54. The summed E-state index contributed by atoms with van der Waals surface area (Å²) in [7, 11) is 2.18. The van der Waals surface area contributed by atoms with Gasteiger partial charge >= 0.3 is 0 Å². The molecule has 0 atom stereocenters. The van der Waals surface area contributed by atoms with Crippen molar-refractivity contribution in [3.63, 3.8) is 0 Å². The second kappa shape index (κ2) is 6.26. The van der Waals surface area contributed by atoms with E-state index >= 15 is 0 Å². The van der Waals surface area contributed by atoms with E-state index in [2.05, 4.69) is 49.5 Å². The van der Waals surface area contributed by atoms with Gasteiger partial charge in [0.25, 0.3) is 0 Å². The van der Waals surface area contributed by atoms with Crippen molar-refractivity contribution < 1.29 is 0 Å². The molecule has 3 heteroatoms. The molecule has 0 bridgehead atoms. The summed E-state index contributed by atoms with van der Waals surface area (Å²) < 4.78 is 0. The van der Waals surface area contributed by atoms with Crippen LogP contribution in [0.1, 0.15) is 24.3 Å². The van der Waals surface area contributed by atoms with Crippen LogP contribution in [0, 0.1) is 6.92 Å². The minimum atomic E-state index is 0.585. The SMILES string of the molecule is Cc1ccsc1CN(C)CCNC(C)C. The number of nitrogens with zero attached hydrogens (tertiary/aromatic N) is 1. The van der Waals surface area contributed by atoms with E-state index in [1.165, 1.54) is 10.4 Å². The number of nitrogens with one attached hydrogen (secondary N) is 1. The van der Waals surface area contributed by atoms with Gasteiger partial charge in [0.05, 0.1) is 0 Å². The third kappa shape index (κ3) is 4.78. The van der Waals surface area contributed by atoms with Crippen LogP contribution in [-0.4, -0.2) is 31.1 Å². The zero-order chi connectivity index (χ0) is 11.3. The maximum Gasteiger partial charge on any atom is 0.0328 e. The lowest BCUT2D eigenvalue weighted by molar-refractivity contribution is 0.322. The summed E-state index contributed by atoms with van der Waals surface area (Å²) in [6.07, 6.45) is 0. The predicted octanol–water partition coefficient (Wildman–Crippen LogP) is 2.49. The van der Waals surface area contributed by atoms with Gasteiger partial charge in [0.15, 0.2) is 0 Å². The van der Waals surface area contributed by atoms with Crippen molar-refractivity contribution in [3.8, 4) is 0 Å². The summed E-state index contributed by atoms with van der Waals surface area (Å²) in [6, 6.07) is 2.78. The average Bonchev–Trinajstić information content (AvgIpc) is 2.51. The van der Waals surface area contributed by atoms with Crippen LogP contribution in [0.3, 0.4) is 0 Å². The Labute approximate surface area is 97.3 Å². The number of likely N-dealkylation sites (N-methyl/N-ethyl adjacent to an activating group) is 1. The molecule has 15 heavy (non-hydrogen) atoms. The Balaban J connectivity index is 2.24. The first-order valence-corrected chi connectivity index (χ1v) is 6.42. The number of thiophene rings is 1. The van der Waals surface area contributed by atoms with E-state index in [9.17, 15) is 0 Å². The van der Waals surface area contributed by atoms with E-state index in [-0.39, 0.29) is 0 Å². The van der Waals surface area contributed by atoms with Gasteiger partial charge in [0.2, 0.25) is 0 Å². The van der Waals surface area contributed by atoms with Crippen LogP contribution in [0.2, 0.25) is 0 Å². The van der Waals surface area contributed by atoms with Crippen LogP contribution < -0.4 is 5.32 Å². The van der Waals surface area contributed by atoms with Crippen molar-refractivity contribution in [1.82, 2.24) is 10.2 Å². The van der Waals surface area contributed by atoms with Crippen LogP contribution in [0.4, 0.5) is 0 Å². The Bertz CT molecular complexity index is 281. The Morgan fingerprint density at radius 2 is 2.20 bits per heavy atom. The normalized spacial score (nSPS) is 11.6. The fourth-order valence-electron chi connectivity index (χ4n) is 1.43. The molecule has 0 saturated heterocycles. The molecule has 1 aromatic rings. The van der Waals surface area contributed by atoms with Crippen LogP contribution in [0.25, 0.3) is 0 Å². The number of hydrogen-bond acceptors (Lipinski definition) is 3. The molecule has 0 aromatic carbocycles. The molecule has 1 N–H and O–H groups in total. The zero-order valence-corrected chi connectivity index (χ0v) is 11.0. The number of rotatable bonds is 6. The molecule has 0 aliphatic carbocycles. The molecule has 86 valence electrons. The molecule has 1 rings (SSSR count). The summed E-state index contributed by atoms with van der Waals surface area (Å²) in [6.45, 7) is 9.80. The third-order valence-corrected chi connectivity index (χ3v) is 3.44. The van der Waals surface area contributed by atoms with Crippen LogP contribution in [0.5, 0.6) is 0 Å². The van der Waals surface area contributed by atoms with Crippen LogP contribution >= 0.6 is 11.3 Å². The molecular formula is C12H22N2S. The van der Waals surface area contributed by atoms with Gasteiger partial charge in [-0.25, -0.2) is 0 Å². The average molecular weight is 226 g/mol. The Morgan fingerprint density at radius 1 is 1.47 bits per heavy atom. The molecule has 0 unspecified atom stereocenters. The quantitative estimate of drug-likeness (QED) is 0.802. The largest absolute Gasteiger partial charge is 0.313 e. The van der Waals surface area contributed by atoms with E-state index in [0.717, 1.165) is 19.6 Å². The minimum absolute atomic E-state index is 0.585. The van der Waals surface area contributed by atoms with Gasteiger partial charge < -0.3 is 10.2 Å². The third-order valence-electron chi connectivity index (χ3n) is 2.43. The van der Waals surface area contributed by atoms with Crippen molar-refractivity contribution in [1.29, 1.82) is 0 Å². The van der Waals surface area contributed by atoms with E-state index in [1.54, 1.807) is 0 Å². The molecule has 0 spiro atoms.